The van der Waals surface area contributed by atoms with Gasteiger partial charge in [0.25, 0.3) is 0 Å². The van der Waals surface area contributed by atoms with Crippen molar-refractivity contribution in [3.63, 3.8) is 0 Å². The Bertz CT molecular complexity index is 584. The minimum absolute atomic E-state index is 0.131. The highest BCUT2D eigenvalue weighted by Crippen LogP contribution is 2.15. The number of piperazine rings is 1. The van der Waals surface area contributed by atoms with Crippen LogP contribution < -0.4 is 9.80 Å². The number of anilines is 1. The van der Waals surface area contributed by atoms with E-state index in [0.717, 1.165) is 25.2 Å². The van der Waals surface area contributed by atoms with Crippen LogP contribution in [0.1, 0.15) is 22.2 Å². The Kier molecular flexibility index (Phi) is 4.36. The largest absolute Gasteiger partial charge is 0.360 e. The number of quaternary nitrogens is 1. The van der Waals surface area contributed by atoms with Gasteiger partial charge >= 0.3 is 0 Å². The Morgan fingerprint density at radius 1 is 1.19 bits per heavy atom. The minimum Gasteiger partial charge on any atom is -0.360 e. The molecule has 1 aromatic carbocycles. The zero-order valence-electron chi connectivity index (χ0n) is 12.3. The summed E-state index contributed by atoms with van der Waals surface area (Å²) >= 11 is 1.85. The van der Waals surface area contributed by atoms with Crippen LogP contribution in [-0.2, 0) is 6.54 Å². The van der Waals surface area contributed by atoms with Crippen LogP contribution in [0.25, 0.3) is 0 Å². The normalized spacial score (nSPS) is 16.1. The first-order valence-electron chi connectivity index (χ1n) is 7.44. The average Bonchev–Trinajstić information content (AvgIpc) is 3.01. The van der Waals surface area contributed by atoms with Crippen molar-refractivity contribution >= 4 is 22.8 Å². The zero-order chi connectivity index (χ0) is 14.7. The monoisotopic (exact) mass is 301 g/mol. The van der Waals surface area contributed by atoms with Crippen LogP contribution in [-0.4, -0.2) is 32.0 Å². The number of ketones is 1. The van der Waals surface area contributed by atoms with E-state index < -0.39 is 0 Å². The quantitative estimate of drug-likeness (QED) is 0.872. The highest BCUT2D eigenvalue weighted by atomic mass is 32.1. The van der Waals surface area contributed by atoms with Crippen LogP contribution >= 0.6 is 11.3 Å². The van der Waals surface area contributed by atoms with E-state index >= 15 is 0 Å². The van der Waals surface area contributed by atoms with Gasteiger partial charge in [0.2, 0.25) is 0 Å². The summed E-state index contributed by atoms with van der Waals surface area (Å²) in [6.45, 7) is 7.27. The molecule has 1 aliphatic rings. The number of carbonyl (C=O) groups is 1. The molecule has 0 spiro atoms. The van der Waals surface area contributed by atoms with Crippen molar-refractivity contribution in [1.29, 1.82) is 0 Å². The summed E-state index contributed by atoms with van der Waals surface area (Å²) in [6.07, 6.45) is 0. The fourth-order valence-electron chi connectivity index (χ4n) is 2.82. The second-order valence-electron chi connectivity index (χ2n) is 5.60. The van der Waals surface area contributed by atoms with E-state index in [9.17, 15) is 4.79 Å². The molecule has 0 radical (unpaired) electrons. The molecule has 4 heteroatoms. The molecule has 0 bridgehead atoms. The van der Waals surface area contributed by atoms with Gasteiger partial charge in [0.05, 0.1) is 31.1 Å². The number of rotatable bonds is 4. The summed E-state index contributed by atoms with van der Waals surface area (Å²) in [6, 6.07) is 12.4. The van der Waals surface area contributed by atoms with Gasteiger partial charge < -0.3 is 9.80 Å². The van der Waals surface area contributed by atoms with Gasteiger partial charge in [-0.05, 0) is 42.6 Å². The molecule has 3 nitrogen and oxygen atoms in total. The molecule has 1 fully saturated rings. The summed E-state index contributed by atoms with van der Waals surface area (Å²) in [5.74, 6) is 0.131. The summed E-state index contributed by atoms with van der Waals surface area (Å²) in [5, 5.41) is 2.15. The summed E-state index contributed by atoms with van der Waals surface area (Å²) in [5.41, 5.74) is 2.02. The fourth-order valence-corrected chi connectivity index (χ4v) is 3.60. The highest BCUT2D eigenvalue weighted by Gasteiger charge is 2.20. The maximum absolute atomic E-state index is 11.3. The molecule has 0 amide bonds. The molecule has 1 N–H and O–H groups in total. The van der Waals surface area contributed by atoms with Gasteiger partial charge in [0.1, 0.15) is 6.54 Å². The molecule has 0 unspecified atom stereocenters. The lowest BCUT2D eigenvalue weighted by atomic mass is 10.1. The lowest BCUT2D eigenvalue weighted by Gasteiger charge is -2.33. The highest BCUT2D eigenvalue weighted by molar-refractivity contribution is 7.09. The third-order valence-corrected chi connectivity index (χ3v) is 4.99. The Balaban J connectivity index is 1.56. The predicted molar refractivity (Wildman–Crippen MR) is 87.4 cm³/mol. The Morgan fingerprint density at radius 2 is 1.90 bits per heavy atom. The molecule has 1 aliphatic heterocycles. The van der Waals surface area contributed by atoms with Crippen LogP contribution in [0.4, 0.5) is 5.69 Å². The summed E-state index contributed by atoms with van der Waals surface area (Å²) in [4.78, 5) is 16.9. The van der Waals surface area contributed by atoms with Crippen LogP contribution in [0.15, 0.2) is 41.8 Å². The van der Waals surface area contributed by atoms with Crippen LogP contribution in [0.3, 0.4) is 0 Å². The molecule has 0 atom stereocenters. The van der Waals surface area contributed by atoms with Gasteiger partial charge in [0.15, 0.2) is 5.78 Å². The molecular weight excluding hydrogens is 280 g/mol. The number of thiophene rings is 1. The molecule has 1 aromatic heterocycles. The SMILES string of the molecule is CC(=O)c1ccc(N2CC[NH+](Cc3cccs3)CC2)cc1. The van der Waals surface area contributed by atoms with E-state index in [1.165, 1.54) is 23.7 Å². The molecule has 3 rings (SSSR count). The average molecular weight is 301 g/mol. The van der Waals surface area contributed by atoms with E-state index in [-0.39, 0.29) is 5.78 Å². The molecule has 1 saturated heterocycles. The lowest BCUT2D eigenvalue weighted by Crippen LogP contribution is -3.13. The van der Waals surface area contributed by atoms with E-state index in [4.69, 9.17) is 0 Å². The number of hydrogen-bond donors (Lipinski definition) is 1. The van der Waals surface area contributed by atoms with Crippen molar-refractivity contribution in [2.45, 2.75) is 13.5 Å². The number of Topliss-reactive ketones (excluding diaryl/α,β-unsaturated/α-hetero) is 1. The number of carbonyl (C=O) groups excluding carboxylic acids is 1. The maximum Gasteiger partial charge on any atom is 0.159 e. The Hall–Kier alpha value is -1.65. The van der Waals surface area contributed by atoms with Gasteiger partial charge in [-0.2, -0.15) is 0 Å². The number of nitrogens with zero attached hydrogens (tertiary/aromatic N) is 1. The van der Waals surface area contributed by atoms with Gasteiger partial charge in [0, 0.05) is 11.3 Å². The predicted octanol–water partition coefficient (Wildman–Crippen LogP) is 1.86. The number of benzene rings is 1. The second-order valence-corrected chi connectivity index (χ2v) is 6.63. The van der Waals surface area contributed by atoms with Crippen molar-refractivity contribution in [3.8, 4) is 0 Å². The van der Waals surface area contributed by atoms with Gasteiger partial charge in [-0.25, -0.2) is 0 Å². The van der Waals surface area contributed by atoms with E-state index in [0.29, 0.717) is 0 Å². The second kappa shape index (κ2) is 6.41. The molecule has 2 aromatic rings. The van der Waals surface area contributed by atoms with Crippen molar-refractivity contribution in [1.82, 2.24) is 0 Å². The molecule has 110 valence electrons. The summed E-state index contributed by atoms with van der Waals surface area (Å²) in [7, 11) is 0. The van der Waals surface area contributed by atoms with E-state index in [1.807, 2.05) is 23.5 Å². The van der Waals surface area contributed by atoms with Crippen molar-refractivity contribution in [2.24, 2.45) is 0 Å². The lowest BCUT2D eigenvalue weighted by molar-refractivity contribution is -0.914. The smallest absolute Gasteiger partial charge is 0.159 e. The van der Waals surface area contributed by atoms with Gasteiger partial charge in [-0.1, -0.05) is 6.07 Å². The van der Waals surface area contributed by atoms with Crippen LogP contribution in [0, 0.1) is 0 Å². The molecule has 0 saturated carbocycles. The van der Waals surface area contributed by atoms with Gasteiger partial charge in [-0.15, -0.1) is 11.3 Å². The number of hydrogen-bond acceptors (Lipinski definition) is 3. The topological polar surface area (TPSA) is 24.8 Å². The van der Waals surface area contributed by atoms with Crippen LogP contribution in [0.2, 0.25) is 0 Å². The van der Waals surface area contributed by atoms with Gasteiger partial charge in [-0.3, -0.25) is 4.79 Å². The summed E-state index contributed by atoms with van der Waals surface area (Å²) < 4.78 is 0. The standard InChI is InChI=1S/C17H20N2OS/c1-14(20)15-4-6-16(7-5-15)19-10-8-18(9-11-19)13-17-3-2-12-21-17/h2-7,12H,8-11,13H2,1H3/p+1. The first-order valence-corrected chi connectivity index (χ1v) is 8.32. The minimum atomic E-state index is 0.131. The number of nitrogens with one attached hydrogen (secondary N) is 1. The first kappa shape index (κ1) is 14.3. The molecule has 21 heavy (non-hydrogen) atoms. The maximum atomic E-state index is 11.3. The Morgan fingerprint density at radius 3 is 2.48 bits per heavy atom. The first-order chi connectivity index (χ1) is 10.2. The van der Waals surface area contributed by atoms with Crippen molar-refractivity contribution < 1.29 is 9.69 Å². The van der Waals surface area contributed by atoms with Crippen LogP contribution in [0.5, 0.6) is 0 Å². The molecule has 0 aliphatic carbocycles. The van der Waals surface area contributed by atoms with Crippen molar-refractivity contribution in [3.05, 3.63) is 52.2 Å². The third-order valence-electron chi connectivity index (χ3n) is 4.11. The van der Waals surface area contributed by atoms with Crippen molar-refractivity contribution in [2.75, 3.05) is 31.1 Å². The fraction of sp³-hybridized carbons (Fsp3) is 0.353. The Labute approximate surface area is 129 Å². The zero-order valence-corrected chi connectivity index (χ0v) is 13.2. The van der Waals surface area contributed by atoms with E-state index in [2.05, 4.69) is 34.5 Å². The molecule has 2 heterocycles. The van der Waals surface area contributed by atoms with E-state index in [1.54, 1.807) is 11.8 Å². The third kappa shape index (κ3) is 3.52. The molecular formula is C17H21N2OS+.